The SMILES string of the molecule is [B]P(C)N(C)c1ccccc1C. The lowest BCUT2D eigenvalue weighted by Crippen LogP contribution is -2.10. The van der Waals surface area contributed by atoms with E-state index >= 15 is 0 Å². The molecular formula is C9H13BNP. The van der Waals surface area contributed by atoms with Crippen molar-refractivity contribution in [2.24, 2.45) is 0 Å². The zero-order valence-electron chi connectivity index (χ0n) is 7.78. The van der Waals surface area contributed by atoms with Crippen molar-refractivity contribution in [2.75, 3.05) is 18.4 Å². The molecule has 0 saturated carbocycles. The third-order valence-electron chi connectivity index (χ3n) is 1.94. The van der Waals surface area contributed by atoms with Gasteiger partial charge in [-0.25, -0.2) is 0 Å². The molecule has 0 saturated heterocycles. The summed E-state index contributed by atoms with van der Waals surface area (Å²) < 4.78 is 2.13. The number of hydrogen-bond acceptors (Lipinski definition) is 1. The van der Waals surface area contributed by atoms with Crippen molar-refractivity contribution in [3.05, 3.63) is 29.8 Å². The third-order valence-corrected chi connectivity index (χ3v) is 3.10. The molecule has 1 nitrogen and oxygen atoms in total. The smallest absolute Gasteiger partial charge is 0.138 e. The predicted molar refractivity (Wildman–Crippen MR) is 58.2 cm³/mol. The van der Waals surface area contributed by atoms with Gasteiger partial charge in [0.15, 0.2) is 0 Å². The molecule has 1 rings (SSSR count). The average Bonchev–Trinajstić information content (AvgIpc) is 2.04. The van der Waals surface area contributed by atoms with Gasteiger partial charge in [-0.05, 0) is 25.2 Å². The minimum Gasteiger partial charge on any atom is -0.363 e. The predicted octanol–water partition coefficient (Wildman–Crippen LogP) is 2.54. The van der Waals surface area contributed by atoms with E-state index in [-0.39, 0.29) is 0 Å². The molecule has 2 radical (unpaired) electrons. The molecule has 1 unspecified atom stereocenters. The molecule has 0 aliphatic heterocycles. The van der Waals surface area contributed by atoms with Crippen molar-refractivity contribution < 1.29 is 0 Å². The largest absolute Gasteiger partial charge is 0.363 e. The minimum atomic E-state index is -0.521. The third kappa shape index (κ3) is 2.01. The lowest BCUT2D eigenvalue weighted by Gasteiger charge is -2.26. The Morgan fingerprint density at radius 3 is 2.42 bits per heavy atom. The van der Waals surface area contributed by atoms with Crippen LogP contribution in [0.25, 0.3) is 0 Å². The van der Waals surface area contributed by atoms with Gasteiger partial charge in [-0.3, -0.25) is 0 Å². The van der Waals surface area contributed by atoms with Gasteiger partial charge in [-0.1, -0.05) is 26.1 Å². The standard InChI is InChI=1S/C9H13BNP/c1-8-6-4-5-7-9(8)11(2)12(3)10/h4-7H,1-3H3. The first-order valence-corrected chi connectivity index (χ1v) is 5.71. The van der Waals surface area contributed by atoms with E-state index in [0.29, 0.717) is 0 Å². The number of benzene rings is 1. The van der Waals surface area contributed by atoms with Crippen LogP contribution in [0.15, 0.2) is 24.3 Å². The maximum Gasteiger partial charge on any atom is 0.138 e. The van der Waals surface area contributed by atoms with Crippen molar-refractivity contribution in [3.63, 3.8) is 0 Å². The van der Waals surface area contributed by atoms with Gasteiger partial charge in [0.1, 0.15) is 7.57 Å². The summed E-state index contributed by atoms with van der Waals surface area (Å²) in [6, 6.07) is 8.28. The Morgan fingerprint density at radius 1 is 1.33 bits per heavy atom. The second-order valence-electron chi connectivity index (χ2n) is 2.88. The van der Waals surface area contributed by atoms with Crippen LogP contribution in [0.1, 0.15) is 5.56 Å². The summed E-state index contributed by atoms with van der Waals surface area (Å²) in [5, 5.41) is 0. The fraction of sp³-hybridized carbons (Fsp3) is 0.333. The van der Waals surface area contributed by atoms with Crippen LogP contribution in [0.3, 0.4) is 0 Å². The molecule has 12 heavy (non-hydrogen) atoms. The van der Waals surface area contributed by atoms with Gasteiger partial charge in [0.25, 0.3) is 0 Å². The first-order chi connectivity index (χ1) is 5.63. The van der Waals surface area contributed by atoms with Crippen LogP contribution < -0.4 is 4.67 Å². The van der Waals surface area contributed by atoms with Crippen LogP contribution in [-0.4, -0.2) is 21.3 Å². The molecule has 0 heterocycles. The Labute approximate surface area is 77.0 Å². The monoisotopic (exact) mass is 177 g/mol. The number of para-hydroxylation sites is 1. The summed E-state index contributed by atoms with van der Waals surface area (Å²) >= 11 is 0. The molecule has 0 amide bonds. The maximum absolute atomic E-state index is 5.83. The van der Waals surface area contributed by atoms with Crippen molar-refractivity contribution in [3.8, 4) is 0 Å². The highest BCUT2D eigenvalue weighted by Gasteiger charge is 2.05. The molecule has 0 aromatic heterocycles. The van der Waals surface area contributed by atoms with E-state index in [1.54, 1.807) is 0 Å². The lowest BCUT2D eigenvalue weighted by molar-refractivity contribution is 1.30. The Bertz CT molecular complexity index is 262. The average molecular weight is 177 g/mol. The van der Waals surface area contributed by atoms with Gasteiger partial charge in [0.05, 0.1) is 0 Å². The maximum atomic E-state index is 5.83. The summed E-state index contributed by atoms with van der Waals surface area (Å²) in [6.07, 6.45) is 0. The highest BCUT2D eigenvalue weighted by atomic mass is 31.1. The normalized spacial score (nSPS) is 12.6. The minimum absolute atomic E-state index is 0.521. The second-order valence-corrected chi connectivity index (χ2v) is 4.63. The van der Waals surface area contributed by atoms with Crippen LogP contribution in [-0.2, 0) is 0 Å². The van der Waals surface area contributed by atoms with Crippen molar-refractivity contribution in [1.82, 2.24) is 0 Å². The molecule has 1 aromatic carbocycles. The van der Waals surface area contributed by atoms with Gasteiger partial charge in [0, 0.05) is 12.7 Å². The number of hydrogen-bond donors (Lipinski definition) is 0. The Kier molecular flexibility index (Phi) is 3.16. The van der Waals surface area contributed by atoms with Gasteiger partial charge in [-0.15, -0.1) is 0 Å². The van der Waals surface area contributed by atoms with E-state index < -0.39 is 7.95 Å². The number of anilines is 1. The van der Waals surface area contributed by atoms with Crippen molar-refractivity contribution in [2.45, 2.75) is 6.92 Å². The van der Waals surface area contributed by atoms with Gasteiger partial charge in [-0.2, -0.15) is 0 Å². The fourth-order valence-corrected chi connectivity index (χ4v) is 1.66. The molecule has 1 atom stereocenters. The van der Waals surface area contributed by atoms with Crippen LogP contribution in [0.2, 0.25) is 0 Å². The van der Waals surface area contributed by atoms with Crippen molar-refractivity contribution in [1.29, 1.82) is 0 Å². The molecule has 0 aliphatic carbocycles. The Balaban J connectivity index is 2.94. The first-order valence-electron chi connectivity index (χ1n) is 3.90. The molecule has 0 N–H and O–H groups in total. The van der Waals surface area contributed by atoms with E-state index in [0.717, 1.165) is 0 Å². The first kappa shape index (κ1) is 9.60. The molecular weight excluding hydrogens is 164 g/mol. The summed E-state index contributed by atoms with van der Waals surface area (Å²) in [5.41, 5.74) is 2.51. The van der Waals surface area contributed by atoms with Crippen LogP contribution >= 0.6 is 7.95 Å². The zero-order valence-corrected chi connectivity index (χ0v) is 8.68. The molecule has 0 fully saturated rings. The van der Waals surface area contributed by atoms with E-state index in [4.69, 9.17) is 7.57 Å². The summed E-state index contributed by atoms with van der Waals surface area (Å²) in [7, 11) is 7.34. The highest BCUT2D eigenvalue weighted by molar-refractivity contribution is 7.82. The van der Waals surface area contributed by atoms with E-state index in [1.807, 2.05) is 25.8 Å². The van der Waals surface area contributed by atoms with Crippen LogP contribution in [0, 0.1) is 6.92 Å². The summed E-state index contributed by atoms with van der Waals surface area (Å²) in [5.74, 6) is 0. The van der Waals surface area contributed by atoms with Gasteiger partial charge >= 0.3 is 0 Å². The summed E-state index contributed by atoms with van der Waals surface area (Å²) in [6.45, 7) is 4.15. The van der Waals surface area contributed by atoms with Gasteiger partial charge in [0.2, 0.25) is 0 Å². The molecule has 1 aromatic rings. The van der Waals surface area contributed by atoms with Crippen LogP contribution in [0.4, 0.5) is 5.69 Å². The van der Waals surface area contributed by atoms with Gasteiger partial charge < -0.3 is 4.67 Å². The Morgan fingerprint density at radius 2 is 1.92 bits per heavy atom. The van der Waals surface area contributed by atoms with E-state index in [1.165, 1.54) is 11.3 Å². The number of aryl methyl sites for hydroxylation is 1. The second kappa shape index (κ2) is 3.95. The van der Waals surface area contributed by atoms with Crippen molar-refractivity contribution >= 4 is 21.2 Å². The molecule has 0 aliphatic rings. The van der Waals surface area contributed by atoms with Crippen LogP contribution in [0.5, 0.6) is 0 Å². The van der Waals surface area contributed by atoms with E-state index in [2.05, 4.69) is 23.7 Å². The topological polar surface area (TPSA) is 3.24 Å². The molecule has 0 spiro atoms. The highest BCUT2D eigenvalue weighted by Crippen LogP contribution is 2.35. The zero-order chi connectivity index (χ0) is 9.14. The summed E-state index contributed by atoms with van der Waals surface area (Å²) in [4.78, 5) is 0. The quantitative estimate of drug-likeness (QED) is 0.495. The lowest BCUT2D eigenvalue weighted by atomic mass is 10.2. The molecule has 0 bridgehead atoms. The molecule has 3 heteroatoms. The number of nitrogens with zero attached hydrogens (tertiary/aromatic N) is 1. The Hall–Kier alpha value is -0.485. The molecule has 62 valence electrons. The number of rotatable bonds is 2. The fourth-order valence-electron chi connectivity index (χ4n) is 1.10. The van der Waals surface area contributed by atoms with E-state index in [9.17, 15) is 0 Å².